The Morgan fingerprint density at radius 1 is 1.36 bits per heavy atom. The molecule has 0 aliphatic carbocycles. The largest absolute Gasteiger partial charge is 0.480 e. The van der Waals surface area contributed by atoms with Gasteiger partial charge in [0.05, 0.1) is 13.2 Å². The zero-order valence-electron chi connectivity index (χ0n) is 12.1. The first-order valence-corrected chi connectivity index (χ1v) is 6.88. The smallest absolute Gasteiger partial charge is 0.350 e. The molecular weight excluding hydrogens is 290 g/mol. The highest BCUT2D eigenvalue weighted by Crippen LogP contribution is 2.29. The van der Waals surface area contributed by atoms with Crippen molar-refractivity contribution in [3.63, 3.8) is 0 Å². The number of epoxide rings is 1. The van der Waals surface area contributed by atoms with Crippen molar-refractivity contribution in [2.75, 3.05) is 13.2 Å². The molecule has 0 bridgehead atoms. The van der Waals surface area contributed by atoms with Gasteiger partial charge in [-0.15, -0.1) is 0 Å². The van der Waals surface area contributed by atoms with Crippen LogP contribution in [-0.4, -0.2) is 47.8 Å². The summed E-state index contributed by atoms with van der Waals surface area (Å²) in [6, 6.07) is 7.74. The Labute approximate surface area is 127 Å². The summed E-state index contributed by atoms with van der Waals surface area (Å²) in [7, 11) is 0. The number of carboxylic acids is 1. The van der Waals surface area contributed by atoms with E-state index in [2.05, 4.69) is 5.32 Å². The molecule has 1 aliphatic heterocycles. The van der Waals surface area contributed by atoms with Crippen LogP contribution in [0.1, 0.15) is 12.5 Å². The molecule has 1 saturated heterocycles. The maximum atomic E-state index is 12.1. The van der Waals surface area contributed by atoms with Crippen LogP contribution in [0.4, 0.5) is 0 Å². The molecule has 2 atom stereocenters. The molecule has 1 amide bonds. The predicted octanol–water partition coefficient (Wildman–Crippen LogP) is 0.131. The number of benzene rings is 1. The van der Waals surface area contributed by atoms with Crippen LogP contribution < -0.4 is 5.32 Å². The Balaban J connectivity index is 2.04. The number of carboxylic acid groups (broad SMARTS) is 1. The van der Waals surface area contributed by atoms with Gasteiger partial charge in [0.15, 0.2) is 0 Å². The van der Waals surface area contributed by atoms with Crippen molar-refractivity contribution >= 4 is 17.8 Å². The molecule has 1 aliphatic rings. The van der Waals surface area contributed by atoms with Gasteiger partial charge in [-0.05, 0) is 12.5 Å². The molecule has 7 nitrogen and oxygen atoms in total. The second-order valence-corrected chi connectivity index (χ2v) is 4.89. The van der Waals surface area contributed by atoms with Crippen LogP contribution in [0.5, 0.6) is 0 Å². The molecule has 0 aromatic heterocycles. The molecule has 1 heterocycles. The normalized spacial score (nSPS) is 20.8. The Morgan fingerprint density at radius 2 is 2.00 bits per heavy atom. The van der Waals surface area contributed by atoms with Gasteiger partial charge in [-0.2, -0.15) is 0 Å². The standard InChI is InChI=1S/C15H17NO6/c1-2-21-14(20)15(9-22-15)13(19)16-11(12(17)18)8-10-6-4-3-5-7-10/h3-7,11H,2,8-9H2,1H3,(H,16,19)(H,17,18)/t11-,15-/m0/s1. The topological polar surface area (TPSA) is 105 Å². The molecule has 0 unspecified atom stereocenters. The minimum absolute atomic E-state index is 0.102. The van der Waals surface area contributed by atoms with Crippen molar-refractivity contribution in [1.29, 1.82) is 0 Å². The summed E-state index contributed by atoms with van der Waals surface area (Å²) in [6.45, 7) is 1.63. The van der Waals surface area contributed by atoms with Crippen LogP contribution in [0.2, 0.25) is 0 Å². The summed E-state index contributed by atoms with van der Waals surface area (Å²) in [6.07, 6.45) is 0.112. The van der Waals surface area contributed by atoms with Crippen LogP contribution in [0.3, 0.4) is 0 Å². The molecular formula is C15H17NO6. The molecule has 2 rings (SSSR count). The minimum atomic E-state index is -1.69. The van der Waals surface area contributed by atoms with Crippen molar-refractivity contribution in [2.24, 2.45) is 0 Å². The molecule has 0 spiro atoms. The highest BCUT2D eigenvalue weighted by Gasteiger charge is 2.61. The number of hydrogen-bond acceptors (Lipinski definition) is 5. The number of esters is 1. The van der Waals surface area contributed by atoms with Gasteiger partial charge in [0.25, 0.3) is 11.5 Å². The van der Waals surface area contributed by atoms with Crippen LogP contribution in [0.25, 0.3) is 0 Å². The first-order valence-electron chi connectivity index (χ1n) is 6.88. The molecule has 2 N–H and O–H groups in total. The zero-order chi connectivity index (χ0) is 16.2. The van der Waals surface area contributed by atoms with Crippen LogP contribution in [-0.2, 0) is 30.3 Å². The summed E-state index contributed by atoms with van der Waals surface area (Å²) in [5.41, 5.74) is -0.933. The van der Waals surface area contributed by atoms with E-state index in [-0.39, 0.29) is 19.6 Å². The maximum absolute atomic E-state index is 12.1. The maximum Gasteiger partial charge on any atom is 0.350 e. The van der Waals surface area contributed by atoms with Crippen molar-refractivity contribution in [3.05, 3.63) is 35.9 Å². The predicted molar refractivity (Wildman–Crippen MR) is 75.0 cm³/mol. The Morgan fingerprint density at radius 3 is 2.50 bits per heavy atom. The number of carbonyl (C=O) groups excluding carboxylic acids is 2. The van der Waals surface area contributed by atoms with Gasteiger partial charge in [0.1, 0.15) is 6.04 Å². The summed E-state index contributed by atoms with van der Waals surface area (Å²) in [5, 5.41) is 11.6. The fourth-order valence-corrected chi connectivity index (χ4v) is 1.99. The van der Waals surface area contributed by atoms with Crippen LogP contribution in [0, 0.1) is 0 Å². The summed E-state index contributed by atoms with van der Waals surface area (Å²) < 4.78 is 9.70. The molecule has 7 heteroatoms. The quantitative estimate of drug-likeness (QED) is 0.421. The van der Waals surface area contributed by atoms with Gasteiger partial charge in [0, 0.05) is 6.42 Å². The number of nitrogens with one attached hydrogen (secondary N) is 1. The number of aliphatic carboxylic acids is 1. The first-order chi connectivity index (χ1) is 10.5. The Hall–Kier alpha value is -2.41. The molecule has 1 aromatic carbocycles. The summed E-state index contributed by atoms with van der Waals surface area (Å²) in [5.74, 6) is -2.76. The first kappa shape index (κ1) is 16.0. The van der Waals surface area contributed by atoms with Crippen LogP contribution in [0.15, 0.2) is 30.3 Å². The highest BCUT2D eigenvalue weighted by atomic mass is 16.6. The minimum Gasteiger partial charge on any atom is -0.480 e. The number of ether oxygens (including phenoxy) is 2. The van der Waals surface area contributed by atoms with E-state index in [4.69, 9.17) is 9.47 Å². The van der Waals surface area contributed by atoms with Gasteiger partial charge >= 0.3 is 11.9 Å². The molecule has 0 saturated carbocycles. The molecule has 118 valence electrons. The third-order valence-electron chi connectivity index (χ3n) is 3.29. The average molecular weight is 307 g/mol. The third kappa shape index (κ3) is 3.43. The zero-order valence-corrected chi connectivity index (χ0v) is 12.1. The second-order valence-electron chi connectivity index (χ2n) is 4.89. The lowest BCUT2D eigenvalue weighted by Crippen LogP contribution is -2.51. The fraction of sp³-hybridized carbons (Fsp3) is 0.400. The lowest BCUT2D eigenvalue weighted by atomic mass is 10.0. The average Bonchev–Trinajstić information content (AvgIpc) is 3.29. The van der Waals surface area contributed by atoms with Crippen molar-refractivity contribution in [1.82, 2.24) is 5.32 Å². The van der Waals surface area contributed by atoms with Crippen molar-refractivity contribution < 1.29 is 29.0 Å². The third-order valence-corrected chi connectivity index (χ3v) is 3.29. The van der Waals surface area contributed by atoms with Crippen molar-refractivity contribution in [3.8, 4) is 0 Å². The SMILES string of the molecule is CCOC(=O)[C@@]1(C(=O)N[C@@H](Cc2ccccc2)C(=O)O)CO1. The van der Waals surface area contributed by atoms with Crippen LogP contribution >= 0.6 is 0 Å². The van der Waals surface area contributed by atoms with E-state index in [9.17, 15) is 19.5 Å². The fourth-order valence-electron chi connectivity index (χ4n) is 1.99. The Kier molecular flexibility index (Phi) is 4.77. The lowest BCUT2D eigenvalue weighted by molar-refractivity contribution is -0.155. The molecule has 1 aromatic rings. The number of amides is 1. The highest BCUT2D eigenvalue weighted by molar-refractivity contribution is 6.09. The van der Waals surface area contributed by atoms with E-state index in [1.807, 2.05) is 6.07 Å². The van der Waals surface area contributed by atoms with E-state index >= 15 is 0 Å². The van der Waals surface area contributed by atoms with Crippen molar-refractivity contribution in [2.45, 2.75) is 25.0 Å². The number of hydrogen-bond donors (Lipinski definition) is 2. The second kappa shape index (κ2) is 6.57. The monoisotopic (exact) mass is 307 g/mol. The van der Waals surface area contributed by atoms with E-state index in [1.54, 1.807) is 31.2 Å². The Bertz CT molecular complexity index is 567. The number of carbonyl (C=O) groups is 3. The van der Waals surface area contributed by atoms with Gasteiger partial charge < -0.3 is 19.9 Å². The van der Waals surface area contributed by atoms with Gasteiger partial charge in [-0.3, -0.25) is 4.79 Å². The van der Waals surface area contributed by atoms with Gasteiger partial charge in [0.2, 0.25) is 0 Å². The van der Waals surface area contributed by atoms with E-state index in [0.717, 1.165) is 5.56 Å². The van der Waals surface area contributed by atoms with Gasteiger partial charge in [-0.25, -0.2) is 9.59 Å². The van der Waals surface area contributed by atoms with E-state index < -0.39 is 29.5 Å². The summed E-state index contributed by atoms with van der Waals surface area (Å²) >= 11 is 0. The number of rotatable bonds is 7. The lowest BCUT2D eigenvalue weighted by Gasteiger charge is -2.17. The molecule has 0 radical (unpaired) electrons. The molecule has 22 heavy (non-hydrogen) atoms. The molecule has 1 fully saturated rings. The summed E-state index contributed by atoms with van der Waals surface area (Å²) in [4.78, 5) is 35.2. The van der Waals surface area contributed by atoms with E-state index in [0.29, 0.717) is 0 Å². The van der Waals surface area contributed by atoms with E-state index in [1.165, 1.54) is 0 Å². The van der Waals surface area contributed by atoms with Gasteiger partial charge in [-0.1, -0.05) is 30.3 Å².